The van der Waals surface area contributed by atoms with Crippen LogP contribution in [-0.4, -0.2) is 5.11 Å². The van der Waals surface area contributed by atoms with Gasteiger partial charge in [-0.3, -0.25) is 0 Å². The molecule has 2 aromatic rings. The molecule has 0 radical (unpaired) electrons. The van der Waals surface area contributed by atoms with Gasteiger partial charge in [0.1, 0.15) is 5.75 Å². The molecule has 0 saturated heterocycles. The minimum Gasteiger partial charge on any atom is -0.508 e. The van der Waals surface area contributed by atoms with Crippen molar-refractivity contribution in [1.82, 2.24) is 0 Å². The fraction of sp³-hybridized carbons (Fsp3) is 0.200. The van der Waals surface area contributed by atoms with Crippen LogP contribution in [0.3, 0.4) is 0 Å². The summed E-state index contributed by atoms with van der Waals surface area (Å²) in [5, 5.41) is 11.1. The van der Waals surface area contributed by atoms with Crippen molar-refractivity contribution < 1.29 is 13.9 Å². The zero-order valence-corrected chi connectivity index (χ0v) is 8.24. The van der Waals surface area contributed by atoms with Crippen LogP contribution in [0.1, 0.15) is 12.5 Å². The van der Waals surface area contributed by atoms with E-state index < -0.39 is 5.92 Å². The molecule has 1 N–H and O–H groups in total. The summed E-state index contributed by atoms with van der Waals surface area (Å²) < 4.78 is 26.8. The van der Waals surface area contributed by atoms with Crippen LogP contribution in [0.4, 0.5) is 8.78 Å². The molecule has 0 unspecified atom stereocenters. The molecule has 4 heteroatoms. The summed E-state index contributed by atoms with van der Waals surface area (Å²) in [4.78, 5) is 0. The Hall–Kier alpha value is -1.16. The van der Waals surface area contributed by atoms with E-state index in [1.54, 1.807) is 0 Å². The van der Waals surface area contributed by atoms with Crippen molar-refractivity contribution in [2.24, 2.45) is 0 Å². The van der Waals surface area contributed by atoms with Crippen molar-refractivity contribution in [3.8, 4) is 5.75 Å². The number of alkyl halides is 2. The van der Waals surface area contributed by atoms with Crippen LogP contribution in [0.15, 0.2) is 23.6 Å². The SMILES string of the molecule is CC(F)(F)c1csc2cc(O)ccc12. The number of rotatable bonds is 1. The average molecular weight is 214 g/mol. The van der Waals surface area contributed by atoms with Crippen LogP contribution in [0, 0.1) is 0 Å². The van der Waals surface area contributed by atoms with Crippen molar-refractivity contribution in [3.63, 3.8) is 0 Å². The molecule has 0 saturated carbocycles. The molecule has 1 aromatic carbocycles. The average Bonchev–Trinajstić information content (AvgIpc) is 2.45. The monoisotopic (exact) mass is 214 g/mol. The van der Waals surface area contributed by atoms with Crippen molar-refractivity contribution in [1.29, 1.82) is 0 Å². The summed E-state index contributed by atoms with van der Waals surface area (Å²) in [5.74, 6) is -2.72. The molecule has 2 rings (SSSR count). The van der Waals surface area contributed by atoms with Gasteiger partial charge in [-0.15, -0.1) is 11.3 Å². The minimum atomic E-state index is -2.82. The number of hydrogen-bond donors (Lipinski definition) is 1. The van der Waals surface area contributed by atoms with Gasteiger partial charge in [0, 0.05) is 28.0 Å². The highest BCUT2D eigenvalue weighted by Gasteiger charge is 2.27. The van der Waals surface area contributed by atoms with Crippen LogP contribution < -0.4 is 0 Å². The Labute approximate surface area is 83.6 Å². The number of hydrogen-bond acceptors (Lipinski definition) is 2. The summed E-state index contributed by atoms with van der Waals surface area (Å²) in [6.07, 6.45) is 0. The van der Waals surface area contributed by atoms with Gasteiger partial charge in [0.2, 0.25) is 0 Å². The smallest absolute Gasteiger partial charge is 0.271 e. The molecule has 1 aromatic heterocycles. The van der Waals surface area contributed by atoms with E-state index in [1.807, 2.05) is 0 Å². The summed E-state index contributed by atoms with van der Waals surface area (Å²) >= 11 is 1.21. The van der Waals surface area contributed by atoms with E-state index in [4.69, 9.17) is 5.11 Å². The zero-order valence-electron chi connectivity index (χ0n) is 7.42. The standard InChI is InChI=1S/C10H8F2OS/c1-10(11,12)8-5-14-9-4-6(13)2-3-7(8)9/h2-5,13H,1H3. The molecule has 0 fully saturated rings. The fourth-order valence-electron chi connectivity index (χ4n) is 1.36. The lowest BCUT2D eigenvalue weighted by molar-refractivity contribution is 0.0195. The Balaban J connectivity index is 2.70. The third kappa shape index (κ3) is 1.46. The van der Waals surface area contributed by atoms with Gasteiger partial charge in [-0.25, -0.2) is 8.78 Å². The highest BCUT2D eigenvalue weighted by atomic mass is 32.1. The van der Waals surface area contributed by atoms with E-state index in [0.29, 0.717) is 10.1 Å². The van der Waals surface area contributed by atoms with Crippen LogP contribution in [0.25, 0.3) is 10.1 Å². The van der Waals surface area contributed by atoms with Crippen LogP contribution in [0.5, 0.6) is 5.75 Å². The molecule has 1 nitrogen and oxygen atoms in total. The Kier molecular flexibility index (Phi) is 1.96. The molecule has 0 bridgehead atoms. The van der Waals surface area contributed by atoms with E-state index in [2.05, 4.69) is 0 Å². The molecule has 0 amide bonds. The number of aromatic hydroxyl groups is 1. The highest BCUT2D eigenvalue weighted by Crippen LogP contribution is 2.38. The molecule has 0 aliphatic carbocycles. The third-order valence-corrected chi connectivity index (χ3v) is 2.98. The molecular weight excluding hydrogens is 206 g/mol. The maximum Gasteiger partial charge on any atom is 0.271 e. The van der Waals surface area contributed by atoms with Gasteiger partial charge in [-0.05, 0) is 18.2 Å². The predicted octanol–water partition coefficient (Wildman–Crippen LogP) is 3.72. The first kappa shape index (κ1) is 9.40. The second-order valence-electron chi connectivity index (χ2n) is 3.22. The maximum atomic E-state index is 13.1. The number of phenols is 1. The van der Waals surface area contributed by atoms with E-state index in [-0.39, 0.29) is 11.3 Å². The zero-order chi connectivity index (χ0) is 10.3. The first-order chi connectivity index (χ1) is 6.48. The number of phenolic OH excluding ortho intramolecular Hbond substituents is 1. The first-order valence-electron chi connectivity index (χ1n) is 4.07. The lowest BCUT2D eigenvalue weighted by Gasteiger charge is -2.08. The maximum absolute atomic E-state index is 13.1. The summed E-state index contributed by atoms with van der Waals surface area (Å²) in [5.41, 5.74) is 0.0255. The fourth-order valence-corrected chi connectivity index (χ4v) is 2.43. The normalized spacial score (nSPS) is 12.2. The van der Waals surface area contributed by atoms with Gasteiger partial charge in [-0.2, -0.15) is 0 Å². The molecule has 0 aliphatic rings. The highest BCUT2D eigenvalue weighted by molar-refractivity contribution is 7.17. The second kappa shape index (κ2) is 2.92. The van der Waals surface area contributed by atoms with Gasteiger partial charge in [0.05, 0.1) is 0 Å². The van der Waals surface area contributed by atoms with Crippen molar-refractivity contribution >= 4 is 21.4 Å². The molecule has 0 atom stereocenters. The lowest BCUT2D eigenvalue weighted by Crippen LogP contribution is -2.05. The largest absolute Gasteiger partial charge is 0.508 e. The van der Waals surface area contributed by atoms with Crippen molar-refractivity contribution in [2.45, 2.75) is 12.8 Å². The quantitative estimate of drug-likeness (QED) is 0.767. The molecule has 1 heterocycles. The van der Waals surface area contributed by atoms with Crippen molar-refractivity contribution in [3.05, 3.63) is 29.1 Å². The number of benzene rings is 1. The van der Waals surface area contributed by atoms with Crippen LogP contribution in [-0.2, 0) is 5.92 Å². The molecule has 0 aliphatic heterocycles. The predicted molar refractivity (Wildman–Crippen MR) is 53.1 cm³/mol. The molecular formula is C10H8F2OS. The molecule has 14 heavy (non-hydrogen) atoms. The Morgan fingerprint density at radius 1 is 1.36 bits per heavy atom. The topological polar surface area (TPSA) is 20.2 Å². The van der Waals surface area contributed by atoms with Crippen molar-refractivity contribution in [2.75, 3.05) is 0 Å². The summed E-state index contributed by atoms with van der Waals surface area (Å²) in [6, 6.07) is 4.44. The van der Waals surface area contributed by atoms with Gasteiger partial charge in [-0.1, -0.05) is 0 Å². The van der Waals surface area contributed by atoms with Crippen LogP contribution in [0.2, 0.25) is 0 Å². The minimum absolute atomic E-state index is 0.0255. The molecule has 74 valence electrons. The Morgan fingerprint density at radius 2 is 2.07 bits per heavy atom. The molecule has 0 spiro atoms. The summed E-state index contributed by atoms with van der Waals surface area (Å²) in [7, 11) is 0. The lowest BCUT2D eigenvalue weighted by atomic mass is 10.1. The van der Waals surface area contributed by atoms with Crippen LogP contribution >= 0.6 is 11.3 Å². The first-order valence-corrected chi connectivity index (χ1v) is 4.95. The number of thiophene rings is 1. The third-order valence-electron chi connectivity index (χ3n) is 2.03. The van der Waals surface area contributed by atoms with Gasteiger partial charge >= 0.3 is 0 Å². The van der Waals surface area contributed by atoms with Gasteiger partial charge in [0.15, 0.2) is 0 Å². The second-order valence-corrected chi connectivity index (χ2v) is 4.13. The van der Waals surface area contributed by atoms with E-state index in [9.17, 15) is 8.78 Å². The van der Waals surface area contributed by atoms with Gasteiger partial charge < -0.3 is 5.11 Å². The number of halogens is 2. The van der Waals surface area contributed by atoms with E-state index >= 15 is 0 Å². The Bertz CT molecular complexity index is 470. The van der Waals surface area contributed by atoms with Gasteiger partial charge in [0.25, 0.3) is 5.92 Å². The van der Waals surface area contributed by atoms with E-state index in [1.165, 1.54) is 34.9 Å². The van der Waals surface area contributed by atoms with E-state index in [0.717, 1.165) is 6.92 Å². The number of fused-ring (bicyclic) bond motifs is 1. The Morgan fingerprint density at radius 3 is 2.71 bits per heavy atom. The summed E-state index contributed by atoms with van der Waals surface area (Å²) in [6.45, 7) is 0.876.